The molecule has 0 unspecified atom stereocenters. The summed E-state index contributed by atoms with van der Waals surface area (Å²) < 4.78 is 4.86. The van der Waals surface area contributed by atoms with Gasteiger partial charge in [0.2, 0.25) is 0 Å². The highest BCUT2D eigenvalue weighted by molar-refractivity contribution is 5.76. The van der Waals surface area contributed by atoms with Crippen LogP contribution in [0.4, 0.5) is 0 Å². The lowest BCUT2D eigenvalue weighted by Gasteiger charge is -2.31. The van der Waals surface area contributed by atoms with Crippen LogP contribution < -0.4 is 0 Å². The van der Waals surface area contributed by atoms with Crippen LogP contribution >= 0.6 is 0 Å². The van der Waals surface area contributed by atoms with Gasteiger partial charge in [0.1, 0.15) is 0 Å². The monoisotopic (exact) mass is 227 g/mol. The van der Waals surface area contributed by atoms with Crippen LogP contribution in [0.1, 0.15) is 40.5 Å². The van der Waals surface area contributed by atoms with Gasteiger partial charge in [-0.15, -0.1) is 0 Å². The Labute approximate surface area is 99.1 Å². The number of carbonyl (C=O) groups excluding carboxylic acids is 1. The van der Waals surface area contributed by atoms with Crippen molar-refractivity contribution in [3.05, 3.63) is 0 Å². The zero-order valence-electron chi connectivity index (χ0n) is 11.2. The van der Waals surface area contributed by atoms with Crippen molar-refractivity contribution in [2.24, 2.45) is 11.3 Å². The minimum absolute atomic E-state index is 0.109. The van der Waals surface area contributed by atoms with Gasteiger partial charge >= 0.3 is 5.97 Å². The third kappa shape index (κ3) is 3.78. The maximum atomic E-state index is 11.6. The molecule has 0 aromatic rings. The van der Waals surface area contributed by atoms with Crippen LogP contribution in [0.5, 0.6) is 0 Å². The number of ether oxygens (including phenoxy) is 1. The van der Waals surface area contributed by atoms with Crippen molar-refractivity contribution in [2.75, 3.05) is 20.2 Å². The number of carbonyl (C=O) groups is 1. The van der Waals surface area contributed by atoms with Gasteiger partial charge in [0.05, 0.1) is 12.5 Å². The lowest BCUT2D eigenvalue weighted by Crippen LogP contribution is -2.42. The second-order valence-electron chi connectivity index (χ2n) is 5.93. The average molecular weight is 227 g/mol. The highest BCUT2D eigenvalue weighted by Gasteiger charge is 2.37. The van der Waals surface area contributed by atoms with Crippen molar-refractivity contribution in [3.8, 4) is 0 Å². The average Bonchev–Trinajstić information content (AvgIpc) is 2.97. The standard InChI is InChI=1S/C13H25NO2/c1-10(2)8-14(11-6-7-11)9-13(3,4)12(15)16-5/h10-11H,6-9H2,1-5H3. The topological polar surface area (TPSA) is 29.5 Å². The summed E-state index contributed by atoms with van der Waals surface area (Å²) in [5, 5.41) is 0. The fraction of sp³-hybridized carbons (Fsp3) is 0.923. The van der Waals surface area contributed by atoms with Gasteiger partial charge in [0.15, 0.2) is 0 Å². The predicted octanol–water partition coefficient (Wildman–Crippen LogP) is 2.31. The third-order valence-electron chi connectivity index (χ3n) is 3.00. The van der Waals surface area contributed by atoms with Crippen molar-refractivity contribution in [2.45, 2.75) is 46.6 Å². The lowest BCUT2D eigenvalue weighted by atomic mass is 9.92. The van der Waals surface area contributed by atoms with E-state index in [1.807, 2.05) is 13.8 Å². The molecule has 0 amide bonds. The van der Waals surface area contributed by atoms with Gasteiger partial charge in [0, 0.05) is 19.1 Å². The first-order valence-electron chi connectivity index (χ1n) is 6.19. The van der Waals surface area contributed by atoms with Crippen LogP contribution in [0.25, 0.3) is 0 Å². The Kier molecular flexibility index (Phi) is 4.36. The number of esters is 1. The lowest BCUT2D eigenvalue weighted by molar-refractivity contribution is -0.152. The summed E-state index contributed by atoms with van der Waals surface area (Å²) in [5.41, 5.74) is -0.397. The molecular formula is C13H25NO2. The Morgan fingerprint density at radius 3 is 2.38 bits per heavy atom. The predicted molar refractivity (Wildman–Crippen MR) is 65.2 cm³/mol. The molecule has 16 heavy (non-hydrogen) atoms. The summed E-state index contributed by atoms with van der Waals surface area (Å²) in [4.78, 5) is 14.1. The Morgan fingerprint density at radius 2 is 2.00 bits per heavy atom. The molecule has 1 rings (SSSR count). The van der Waals surface area contributed by atoms with E-state index in [9.17, 15) is 4.79 Å². The number of methoxy groups -OCH3 is 1. The summed E-state index contributed by atoms with van der Waals surface area (Å²) >= 11 is 0. The second kappa shape index (κ2) is 5.17. The highest BCUT2D eigenvalue weighted by atomic mass is 16.5. The Morgan fingerprint density at radius 1 is 1.44 bits per heavy atom. The molecular weight excluding hydrogens is 202 g/mol. The maximum absolute atomic E-state index is 11.6. The molecule has 0 saturated heterocycles. The Balaban J connectivity index is 2.56. The van der Waals surface area contributed by atoms with E-state index in [4.69, 9.17) is 4.74 Å². The SMILES string of the molecule is COC(=O)C(C)(C)CN(CC(C)C)C1CC1. The largest absolute Gasteiger partial charge is 0.469 e. The molecule has 0 aliphatic heterocycles. The fourth-order valence-electron chi connectivity index (χ4n) is 2.10. The number of rotatable bonds is 6. The zero-order chi connectivity index (χ0) is 12.3. The van der Waals surface area contributed by atoms with Gasteiger partial charge in [0.25, 0.3) is 0 Å². The van der Waals surface area contributed by atoms with Gasteiger partial charge < -0.3 is 4.74 Å². The molecule has 94 valence electrons. The second-order valence-corrected chi connectivity index (χ2v) is 5.93. The van der Waals surface area contributed by atoms with Crippen molar-refractivity contribution < 1.29 is 9.53 Å². The van der Waals surface area contributed by atoms with E-state index in [1.165, 1.54) is 20.0 Å². The summed E-state index contributed by atoms with van der Waals surface area (Å²) in [6.45, 7) is 10.3. The molecule has 0 N–H and O–H groups in total. The quantitative estimate of drug-likeness (QED) is 0.652. The van der Waals surface area contributed by atoms with Gasteiger partial charge in [-0.05, 0) is 32.6 Å². The van der Waals surface area contributed by atoms with Crippen molar-refractivity contribution >= 4 is 5.97 Å². The molecule has 0 heterocycles. The van der Waals surface area contributed by atoms with Gasteiger partial charge in [-0.2, -0.15) is 0 Å². The van der Waals surface area contributed by atoms with Gasteiger partial charge in [-0.1, -0.05) is 13.8 Å². The molecule has 3 heteroatoms. The van der Waals surface area contributed by atoms with Crippen LogP contribution in [0.2, 0.25) is 0 Å². The first-order valence-corrected chi connectivity index (χ1v) is 6.19. The summed E-state index contributed by atoms with van der Waals surface area (Å²) in [5.74, 6) is 0.538. The minimum atomic E-state index is -0.397. The van der Waals surface area contributed by atoms with Crippen LogP contribution in [0, 0.1) is 11.3 Å². The normalized spacial score (nSPS) is 16.9. The summed E-state index contributed by atoms with van der Waals surface area (Å²) in [6.07, 6.45) is 2.56. The number of nitrogens with zero attached hydrogens (tertiary/aromatic N) is 1. The van der Waals surface area contributed by atoms with Crippen molar-refractivity contribution in [1.82, 2.24) is 4.90 Å². The first kappa shape index (κ1) is 13.5. The van der Waals surface area contributed by atoms with E-state index in [0.29, 0.717) is 12.0 Å². The van der Waals surface area contributed by atoms with E-state index in [-0.39, 0.29) is 5.97 Å². The Hall–Kier alpha value is -0.570. The van der Waals surface area contributed by atoms with E-state index in [1.54, 1.807) is 0 Å². The summed E-state index contributed by atoms with van der Waals surface area (Å²) in [6, 6.07) is 0.700. The summed E-state index contributed by atoms with van der Waals surface area (Å²) in [7, 11) is 1.47. The zero-order valence-corrected chi connectivity index (χ0v) is 11.2. The molecule has 0 atom stereocenters. The third-order valence-corrected chi connectivity index (χ3v) is 3.00. The van der Waals surface area contributed by atoms with Gasteiger partial charge in [-0.25, -0.2) is 0 Å². The smallest absolute Gasteiger partial charge is 0.312 e. The molecule has 1 fully saturated rings. The van der Waals surface area contributed by atoms with Crippen LogP contribution in [-0.2, 0) is 9.53 Å². The van der Waals surface area contributed by atoms with Crippen LogP contribution in [0.15, 0.2) is 0 Å². The van der Waals surface area contributed by atoms with E-state index in [2.05, 4.69) is 18.7 Å². The first-order chi connectivity index (χ1) is 7.36. The van der Waals surface area contributed by atoms with E-state index < -0.39 is 5.41 Å². The molecule has 3 nitrogen and oxygen atoms in total. The van der Waals surface area contributed by atoms with Crippen LogP contribution in [0.3, 0.4) is 0 Å². The van der Waals surface area contributed by atoms with E-state index in [0.717, 1.165) is 13.1 Å². The minimum Gasteiger partial charge on any atom is -0.469 e. The Bertz CT molecular complexity index is 244. The molecule has 1 aliphatic rings. The number of hydrogen-bond donors (Lipinski definition) is 0. The maximum Gasteiger partial charge on any atom is 0.312 e. The molecule has 0 spiro atoms. The fourth-order valence-corrected chi connectivity index (χ4v) is 2.10. The molecule has 0 aromatic heterocycles. The molecule has 0 bridgehead atoms. The molecule has 1 aliphatic carbocycles. The van der Waals surface area contributed by atoms with Crippen molar-refractivity contribution in [3.63, 3.8) is 0 Å². The number of hydrogen-bond acceptors (Lipinski definition) is 3. The van der Waals surface area contributed by atoms with E-state index >= 15 is 0 Å². The van der Waals surface area contributed by atoms with Gasteiger partial charge in [-0.3, -0.25) is 9.69 Å². The van der Waals surface area contributed by atoms with Crippen molar-refractivity contribution in [1.29, 1.82) is 0 Å². The molecule has 0 radical (unpaired) electrons. The molecule has 1 saturated carbocycles. The van der Waals surface area contributed by atoms with Crippen LogP contribution in [-0.4, -0.2) is 37.1 Å². The highest BCUT2D eigenvalue weighted by Crippen LogP contribution is 2.31. The molecule has 0 aromatic carbocycles.